The molecule has 19 nitrogen and oxygen atoms in total. The summed E-state index contributed by atoms with van der Waals surface area (Å²) in [5.74, 6) is -0.308. The quantitative estimate of drug-likeness (QED) is 0.0969. The molecule has 3 aliphatic heterocycles. The smallest absolute Gasteiger partial charge is 0.187 e. The lowest BCUT2D eigenvalue weighted by molar-refractivity contribution is -0.290. The lowest BCUT2D eigenvalue weighted by Crippen LogP contribution is -2.66. The fourth-order valence-electron chi connectivity index (χ4n) is 6.21. The van der Waals surface area contributed by atoms with Crippen LogP contribution in [0, 0.1) is 0 Å². The molecule has 0 radical (unpaired) electrons. The van der Waals surface area contributed by atoms with Crippen molar-refractivity contribution in [2.24, 2.45) is 34.4 Å². The number of hydrogen-bond acceptors (Lipinski definition) is 19. The van der Waals surface area contributed by atoms with E-state index >= 15 is 0 Å². The van der Waals surface area contributed by atoms with Crippen molar-refractivity contribution in [3.8, 4) is 0 Å². The minimum atomic E-state index is -3.39. The summed E-state index contributed by atoms with van der Waals surface area (Å²) < 4.78 is 58.9. The fourth-order valence-corrected chi connectivity index (χ4v) is 7.13. The van der Waals surface area contributed by atoms with Gasteiger partial charge in [0.25, 0.3) is 0 Å². The molecule has 0 aromatic heterocycles. The van der Waals surface area contributed by atoms with E-state index in [1.165, 1.54) is 0 Å². The van der Waals surface area contributed by atoms with Crippen LogP contribution in [0.5, 0.6) is 0 Å². The number of sulfone groups is 1. The van der Waals surface area contributed by atoms with Gasteiger partial charge >= 0.3 is 0 Å². The molecule has 0 aromatic rings. The van der Waals surface area contributed by atoms with Crippen molar-refractivity contribution >= 4 is 9.84 Å². The van der Waals surface area contributed by atoms with Gasteiger partial charge in [0.2, 0.25) is 0 Å². The van der Waals surface area contributed by atoms with Crippen LogP contribution in [-0.2, 0) is 38.3 Å². The van der Waals surface area contributed by atoms with Crippen LogP contribution in [0.4, 0.5) is 0 Å². The Bertz CT molecular complexity index is 1070. The predicted molar refractivity (Wildman–Crippen MR) is 154 cm³/mol. The third-order valence-electron chi connectivity index (χ3n) is 8.81. The average Bonchev–Trinajstić information content (AvgIpc) is 3.27. The van der Waals surface area contributed by atoms with Gasteiger partial charge in [-0.3, -0.25) is 0 Å². The fraction of sp³-hybridized carbons (Fsp3) is 1.00. The Balaban J connectivity index is 1.48. The molecular formula is C25H50N6O13S. The van der Waals surface area contributed by atoms with Crippen LogP contribution in [-0.4, -0.2) is 169 Å². The van der Waals surface area contributed by atoms with Gasteiger partial charge in [0, 0.05) is 30.9 Å². The van der Waals surface area contributed by atoms with E-state index in [2.05, 4.69) is 0 Å². The summed E-state index contributed by atoms with van der Waals surface area (Å²) >= 11 is 0. The number of rotatable bonds is 11. The maximum absolute atomic E-state index is 11.8. The highest BCUT2D eigenvalue weighted by Gasteiger charge is 2.53. The molecule has 4 aliphatic rings. The van der Waals surface area contributed by atoms with Crippen LogP contribution >= 0.6 is 0 Å². The number of aliphatic hydroxyl groups is 5. The third kappa shape index (κ3) is 8.47. The Morgan fingerprint density at radius 3 is 2.00 bits per heavy atom. The minimum absolute atomic E-state index is 0.122. The standard InChI is InChI=1S/C25H50N6O13S/c1-45(37,38)7-11(30)12-3-2-8(27)23(39-12)42-20-10(29)4-9(28)16(33)22(20)44-25-19(36)21(14(6-32)41-25)43-24-15(31)18(35)17(34)13(5-26)40-24/h8-25,32-36H,2-7,26-31H2,1H3/t8-,9-,10+,11+,12+,13+,14-,15-,16+,17-,18-,19-,20-,21-,22-,23-,24-,25+/m1/s1. The van der Waals surface area contributed by atoms with E-state index in [1.54, 1.807) is 0 Å². The van der Waals surface area contributed by atoms with Gasteiger partial charge in [0.15, 0.2) is 18.9 Å². The first-order valence-corrected chi connectivity index (χ1v) is 17.0. The number of nitrogens with two attached hydrogens (primary N) is 6. The molecule has 4 fully saturated rings. The number of hydrogen-bond donors (Lipinski definition) is 11. The molecule has 264 valence electrons. The molecule has 3 saturated heterocycles. The molecule has 1 aliphatic carbocycles. The maximum atomic E-state index is 11.8. The van der Waals surface area contributed by atoms with E-state index < -0.39 is 127 Å². The topological polar surface area (TPSA) is 347 Å². The molecular weight excluding hydrogens is 624 g/mol. The van der Waals surface area contributed by atoms with E-state index in [-0.39, 0.29) is 18.7 Å². The lowest BCUT2D eigenvalue weighted by atomic mass is 9.84. The average molecular weight is 675 g/mol. The van der Waals surface area contributed by atoms with Crippen molar-refractivity contribution in [2.75, 3.05) is 25.2 Å². The summed E-state index contributed by atoms with van der Waals surface area (Å²) in [4.78, 5) is 0. The molecule has 0 spiro atoms. The van der Waals surface area contributed by atoms with E-state index in [0.717, 1.165) is 6.26 Å². The Kier molecular flexibility index (Phi) is 12.5. The van der Waals surface area contributed by atoms with Crippen LogP contribution in [0.15, 0.2) is 0 Å². The Morgan fingerprint density at radius 1 is 0.756 bits per heavy atom. The second-order valence-corrected chi connectivity index (χ2v) is 14.6. The van der Waals surface area contributed by atoms with Crippen molar-refractivity contribution in [2.45, 2.75) is 129 Å². The summed E-state index contributed by atoms with van der Waals surface area (Å²) in [5, 5.41) is 52.7. The summed E-state index contributed by atoms with van der Waals surface area (Å²) in [7, 11) is -3.39. The minimum Gasteiger partial charge on any atom is -0.394 e. The second kappa shape index (κ2) is 15.2. The van der Waals surface area contributed by atoms with Gasteiger partial charge in [-0.2, -0.15) is 0 Å². The van der Waals surface area contributed by atoms with E-state index in [0.29, 0.717) is 12.8 Å². The van der Waals surface area contributed by atoms with Crippen LogP contribution in [0.2, 0.25) is 0 Å². The van der Waals surface area contributed by atoms with Crippen molar-refractivity contribution in [3.63, 3.8) is 0 Å². The normalized spacial score (nSPS) is 48.8. The largest absolute Gasteiger partial charge is 0.394 e. The van der Waals surface area contributed by atoms with Gasteiger partial charge in [-0.05, 0) is 19.3 Å². The molecule has 45 heavy (non-hydrogen) atoms. The van der Waals surface area contributed by atoms with Crippen molar-refractivity contribution in [1.82, 2.24) is 0 Å². The van der Waals surface area contributed by atoms with Gasteiger partial charge < -0.3 is 88.4 Å². The highest BCUT2D eigenvalue weighted by Crippen LogP contribution is 2.34. The predicted octanol–water partition coefficient (Wildman–Crippen LogP) is -7.42. The van der Waals surface area contributed by atoms with Crippen molar-refractivity contribution in [3.05, 3.63) is 0 Å². The highest BCUT2D eigenvalue weighted by atomic mass is 32.2. The van der Waals surface area contributed by atoms with Gasteiger partial charge in [0.05, 0.1) is 36.7 Å². The molecule has 0 amide bonds. The molecule has 0 bridgehead atoms. The molecule has 18 atom stereocenters. The van der Waals surface area contributed by atoms with Crippen molar-refractivity contribution in [1.29, 1.82) is 0 Å². The summed E-state index contributed by atoms with van der Waals surface area (Å²) in [6, 6.07) is -4.38. The zero-order valence-electron chi connectivity index (χ0n) is 25.0. The van der Waals surface area contributed by atoms with E-state index in [4.69, 9.17) is 62.8 Å². The third-order valence-corrected chi connectivity index (χ3v) is 9.80. The molecule has 0 unspecified atom stereocenters. The van der Waals surface area contributed by atoms with Gasteiger partial charge in [-0.25, -0.2) is 8.42 Å². The van der Waals surface area contributed by atoms with Crippen molar-refractivity contribution < 1.29 is 62.4 Å². The molecule has 0 aromatic carbocycles. The molecule has 3 heterocycles. The van der Waals surface area contributed by atoms with E-state index in [9.17, 15) is 34.0 Å². The van der Waals surface area contributed by atoms with Crippen LogP contribution in [0.25, 0.3) is 0 Å². The van der Waals surface area contributed by atoms with Crippen LogP contribution < -0.4 is 34.4 Å². The first-order valence-electron chi connectivity index (χ1n) is 15.0. The van der Waals surface area contributed by atoms with Crippen LogP contribution in [0.3, 0.4) is 0 Å². The van der Waals surface area contributed by atoms with Gasteiger partial charge in [-0.1, -0.05) is 0 Å². The first-order chi connectivity index (χ1) is 21.1. The monoisotopic (exact) mass is 674 g/mol. The van der Waals surface area contributed by atoms with Crippen LogP contribution in [0.1, 0.15) is 19.3 Å². The molecule has 4 rings (SSSR count). The SMILES string of the molecule is CS(=O)(=O)C[C@H](N)[C@@H]1CC[C@@H](N)[C@@H](O[C@H]2[C@H](O[C@@H]3O[C@H](CO)[C@@H](O[C@H]4O[C@@H](CN)[C@@H](O)[C@H](O)[C@H]4N)[C@H]3O)[C@@H](O)[C@H](N)C[C@@H]2N)O1. The summed E-state index contributed by atoms with van der Waals surface area (Å²) in [5.41, 5.74) is 36.5. The van der Waals surface area contributed by atoms with Gasteiger partial charge in [-0.15, -0.1) is 0 Å². The Labute approximate surface area is 261 Å². The zero-order chi connectivity index (χ0) is 33.4. The lowest BCUT2D eigenvalue weighted by Gasteiger charge is -2.46. The Morgan fingerprint density at radius 2 is 1.38 bits per heavy atom. The second-order valence-electron chi connectivity index (χ2n) is 12.4. The summed E-state index contributed by atoms with van der Waals surface area (Å²) in [6.07, 6.45) is -14.3. The first kappa shape index (κ1) is 37.1. The maximum Gasteiger partial charge on any atom is 0.187 e. The molecule has 20 heteroatoms. The molecule has 1 saturated carbocycles. The Hall–Kier alpha value is -0.730. The zero-order valence-corrected chi connectivity index (χ0v) is 25.8. The summed E-state index contributed by atoms with van der Waals surface area (Å²) in [6.45, 7) is -0.801. The number of ether oxygens (including phenoxy) is 6. The number of aliphatic hydroxyl groups excluding tert-OH is 5. The van der Waals surface area contributed by atoms with Gasteiger partial charge in [0.1, 0.15) is 58.7 Å². The van der Waals surface area contributed by atoms with E-state index in [1.807, 2.05) is 0 Å². The molecule has 17 N–H and O–H groups in total. The highest BCUT2D eigenvalue weighted by molar-refractivity contribution is 7.90.